The molecule has 1 aliphatic rings. The number of carbonyl (C=O) groups excluding carboxylic acids is 1. The maximum atomic E-state index is 13.3. The predicted molar refractivity (Wildman–Crippen MR) is 95.0 cm³/mol. The third-order valence-electron chi connectivity index (χ3n) is 3.82. The minimum Gasteiger partial charge on any atom is -0.461 e. The van der Waals surface area contributed by atoms with Crippen LogP contribution in [-0.4, -0.2) is 33.6 Å². The van der Waals surface area contributed by atoms with Gasteiger partial charge in [0.2, 0.25) is 11.1 Å². The summed E-state index contributed by atoms with van der Waals surface area (Å²) in [4.78, 5) is 28.8. The lowest BCUT2D eigenvalue weighted by atomic mass is 10.2. The van der Waals surface area contributed by atoms with Gasteiger partial charge in [-0.25, -0.2) is 14.5 Å². The van der Waals surface area contributed by atoms with Gasteiger partial charge in [-0.2, -0.15) is 5.10 Å². The highest BCUT2D eigenvalue weighted by Crippen LogP contribution is 2.40. The molecule has 0 saturated heterocycles. The highest BCUT2D eigenvalue weighted by atomic mass is 79.9. The Morgan fingerprint density at radius 2 is 2.14 bits per heavy atom. The molecule has 0 N–H and O–H groups in total. The molecule has 4 rings (SSSR count). The average Bonchev–Trinajstić information content (AvgIpc) is 2.95. The number of alkyl halides is 2. The SMILES string of the molecule is CCOC(=O)c1nn(-c2cnc3c(c2)OC(F)(F)O3)c2cccc(Br)c2c1=O. The highest BCUT2D eigenvalue weighted by Gasteiger charge is 2.44. The van der Waals surface area contributed by atoms with Crippen LogP contribution in [0.2, 0.25) is 0 Å². The molecule has 0 bridgehead atoms. The van der Waals surface area contributed by atoms with Gasteiger partial charge in [0, 0.05) is 10.5 Å². The third kappa shape index (κ3) is 2.97. The number of nitrogens with zero attached hydrogens (tertiary/aromatic N) is 3. The van der Waals surface area contributed by atoms with Crippen LogP contribution < -0.4 is 14.9 Å². The van der Waals surface area contributed by atoms with Gasteiger partial charge in [0.1, 0.15) is 0 Å². The Kier molecular flexibility index (Phi) is 4.26. The molecular weight excluding hydrogens is 444 g/mol. The molecule has 1 aromatic carbocycles. The number of hydrogen-bond acceptors (Lipinski definition) is 7. The molecule has 0 saturated carbocycles. The number of halogens is 3. The van der Waals surface area contributed by atoms with Crippen LogP contribution in [0, 0.1) is 0 Å². The maximum absolute atomic E-state index is 13.3. The lowest BCUT2D eigenvalue weighted by molar-refractivity contribution is -0.287. The standard InChI is InChI=1S/C17H10BrF2N3O5/c1-2-26-16(25)13-14(24)12-9(18)4-3-5-10(12)23(22-13)8-6-11-15(21-7-8)28-17(19,20)27-11/h3-7H,2H2,1H3. The van der Waals surface area contributed by atoms with Crippen molar-refractivity contribution in [2.75, 3.05) is 6.61 Å². The van der Waals surface area contributed by atoms with Crippen LogP contribution in [-0.2, 0) is 4.74 Å². The number of hydrogen-bond donors (Lipinski definition) is 0. The number of esters is 1. The molecule has 2 aromatic heterocycles. The van der Waals surface area contributed by atoms with E-state index in [4.69, 9.17) is 4.74 Å². The molecule has 0 amide bonds. The third-order valence-corrected chi connectivity index (χ3v) is 4.48. The molecule has 0 spiro atoms. The van der Waals surface area contributed by atoms with Crippen LogP contribution in [0.25, 0.3) is 16.6 Å². The van der Waals surface area contributed by atoms with Gasteiger partial charge in [-0.15, -0.1) is 8.78 Å². The summed E-state index contributed by atoms with van der Waals surface area (Å²) in [6.07, 6.45) is -2.62. The Bertz CT molecular complexity index is 1180. The zero-order valence-corrected chi connectivity index (χ0v) is 15.7. The summed E-state index contributed by atoms with van der Waals surface area (Å²) >= 11 is 3.29. The Morgan fingerprint density at radius 1 is 1.36 bits per heavy atom. The zero-order chi connectivity index (χ0) is 20.1. The smallest absolute Gasteiger partial charge is 0.461 e. The molecule has 11 heteroatoms. The summed E-state index contributed by atoms with van der Waals surface area (Å²) in [5.74, 6) is -1.59. The Balaban J connectivity index is 1.98. The average molecular weight is 454 g/mol. The number of benzene rings is 1. The Morgan fingerprint density at radius 3 is 2.89 bits per heavy atom. The van der Waals surface area contributed by atoms with Crippen molar-refractivity contribution in [2.24, 2.45) is 0 Å². The van der Waals surface area contributed by atoms with E-state index in [0.29, 0.717) is 9.99 Å². The largest absolute Gasteiger partial charge is 0.587 e. The molecule has 1 aliphatic heterocycles. The van der Waals surface area contributed by atoms with E-state index in [1.807, 2.05) is 0 Å². The first-order valence-electron chi connectivity index (χ1n) is 7.95. The van der Waals surface area contributed by atoms with Crippen molar-refractivity contribution in [1.82, 2.24) is 14.8 Å². The molecule has 0 unspecified atom stereocenters. The number of carbonyl (C=O) groups is 1. The van der Waals surface area contributed by atoms with Gasteiger partial charge in [0.25, 0.3) is 5.88 Å². The van der Waals surface area contributed by atoms with Crippen LogP contribution in [0.4, 0.5) is 8.78 Å². The molecule has 8 nitrogen and oxygen atoms in total. The van der Waals surface area contributed by atoms with Crippen LogP contribution in [0.15, 0.2) is 39.7 Å². The van der Waals surface area contributed by atoms with E-state index in [9.17, 15) is 18.4 Å². The van der Waals surface area contributed by atoms with Crippen molar-refractivity contribution < 1.29 is 27.8 Å². The lowest BCUT2D eigenvalue weighted by Gasteiger charge is -2.12. The van der Waals surface area contributed by atoms with E-state index in [1.165, 1.54) is 16.9 Å². The van der Waals surface area contributed by atoms with Gasteiger partial charge in [0.15, 0.2) is 5.75 Å². The van der Waals surface area contributed by atoms with Gasteiger partial charge in [-0.05, 0) is 35.0 Å². The lowest BCUT2D eigenvalue weighted by Crippen LogP contribution is -2.26. The molecule has 3 heterocycles. The van der Waals surface area contributed by atoms with E-state index >= 15 is 0 Å². The fraction of sp³-hybridized carbons (Fsp3) is 0.176. The number of aromatic nitrogens is 3. The van der Waals surface area contributed by atoms with E-state index in [-0.39, 0.29) is 29.3 Å². The summed E-state index contributed by atoms with van der Waals surface area (Å²) in [6.45, 7) is 1.64. The number of rotatable bonds is 3. The quantitative estimate of drug-likeness (QED) is 0.562. The summed E-state index contributed by atoms with van der Waals surface area (Å²) in [5.41, 5.74) is -0.588. The summed E-state index contributed by atoms with van der Waals surface area (Å²) in [7, 11) is 0. The first-order chi connectivity index (χ1) is 13.3. The summed E-state index contributed by atoms with van der Waals surface area (Å²) in [6, 6.07) is 6.09. The van der Waals surface area contributed by atoms with Gasteiger partial charge >= 0.3 is 12.3 Å². The topological polar surface area (TPSA) is 92.5 Å². The van der Waals surface area contributed by atoms with E-state index < -0.39 is 23.4 Å². The van der Waals surface area contributed by atoms with Gasteiger partial charge in [-0.3, -0.25) is 4.79 Å². The molecule has 144 valence electrons. The minimum absolute atomic E-state index is 0.0502. The fourth-order valence-electron chi connectivity index (χ4n) is 2.71. The van der Waals surface area contributed by atoms with E-state index in [1.54, 1.807) is 25.1 Å². The van der Waals surface area contributed by atoms with Crippen molar-refractivity contribution in [3.8, 4) is 17.3 Å². The number of fused-ring (bicyclic) bond motifs is 2. The predicted octanol–water partition coefficient (Wildman–Crippen LogP) is 3.04. The zero-order valence-electron chi connectivity index (χ0n) is 14.1. The summed E-state index contributed by atoms with van der Waals surface area (Å²) < 4.78 is 41.8. The molecule has 0 fully saturated rings. The molecule has 28 heavy (non-hydrogen) atoms. The van der Waals surface area contributed by atoms with Crippen molar-refractivity contribution in [2.45, 2.75) is 13.2 Å². The Labute approximate surface area is 163 Å². The van der Waals surface area contributed by atoms with Crippen LogP contribution in [0.1, 0.15) is 17.4 Å². The van der Waals surface area contributed by atoms with Crippen molar-refractivity contribution in [1.29, 1.82) is 0 Å². The second-order valence-corrected chi connectivity index (χ2v) is 6.46. The van der Waals surface area contributed by atoms with Crippen molar-refractivity contribution in [3.63, 3.8) is 0 Å². The Hall–Kier alpha value is -3.08. The van der Waals surface area contributed by atoms with E-state index in [0.717, 1.165) is 0 Å². The molecule has 0 aliphatic carbocycles. The van der Waals surface area contributed by atoms with E-state index in [2.05, 4.69) is 35.5 Å². The van der Waals surface area contributed by atoms with Crippen molar-refractivity contribution in [3.05, 3.63) is 50.9 Å². The van der Waals surface area contributed by atoms with Gasteiger partial charge in [0.05, 0.1) is 29.4 Å². The second kappa shape index (κ2) is 6.51. The highest BCUT2D eigenvalue weighted by molar-refractivity contribution is 9.10. The minimum atomic E-state index is -3.83. The number of pyridine rings is 1. The first-order valence-corrected chi connectivity index (χ1v) is 8.75. The summed E-state index contributed by atoms with van der Waals surface area (Å²) in [5, 5.41) is 4.25. The van der Waals surface area contributed by atoms with Crippen LogP contribution >= 0.6 is 15.9 Å². The fourth-order valence-corrected chi connectivity index (χ4v) is 3.25. The van der Waals surface area contributed by atoms with Crippen LogP contribution in [0.5, 0.6) is 11.6 Å². The van der Waals surface area contributed by atoms with Crippen LogP contribution in [0.3, 0.4) is 0 Å². The maximum Gasteiger partial charge on any atom is 0.587 e. The van der Waals surface area contributed by atoms with Gasteiger partial charge in [-0.1, -0.05) is 6.07 Å². The number of ether oxygens (including phenoxy) is 3. The molecule has 3 aromatic rings. The van der Waals surface area contributed by atoms with Crippen molar-refractivity contribution >= 4 is 32.8 Å². The molecule has 0 radical (unpaired) electrons. The first kappa shape index (κ1) is 18.3. The monoisotopic (exact) mass is 453 g/mol. The molecule has 0 atom stereocenters. The van der Waals surface area contributed by atoms with Gasteiger partial charge < -0.3 is 14.2 Å². The second-order valence-electron chi connectivity index (χ2n) is 5.61. The normalized spacial score (nSPS) is 14.3. The molecular formula is C17H10BrF2N3O5.